The predicted molar refractivity (Wildman–Crippen MR) is 373 cm³/mol. The highest BCUT2D eigenvalue weighted by Gasteiger charge is 2.62. The van der Waals surface area contributed by atoms with Crippen LogP contribution in [0.15, 0.2) is 160 Å². The Labute approximate surface area is 520 Å². The number of para-hydroxylation sites is 2. The second-order valence-corrected chi connectivity index (χ2v) is 32.0. The van der Waals surface area contributed by atoms with E-state index >= 15 is 0 Å². The van der Waals surface area contributed by atoms with Crippen LogP contribution in [0.5, 0.6) is 0 Å². The lowest BCUT2D eigenvalue weighted by Gasteiger charge is -2.53. The summed E-state index contributed by atoms with van der Waals surface area (Å²) in [6.45, 7) is 36.8. The van der Waals surface area contributed by atoms with Gasteiger partial charge in [0.25, 0.3) is 0 Å². The molecule has 6 aliphatic rings. The number of fused-ring (bicyclic) bond motifs is 17. The van der Waals surface area contributed by atoms with Crippen molar-refractivity contribution < 1.29 is 8.83 Å². The van der Waals surface area contributed by atoms with E-state index in [0.717, 1.165) is 73.8 Å². The highest BCUT2D eigenvalue weighted by atomic mass is 16.3. The molecule has 5 nitrogen and oxygen atoms in total. The quantitative estimate of drug-likeness (QED) is 0.164. The molecule has 440 valence electrons. The van der Waals surface area contributed by atoms with Crippen molar-refractivity contribution in [2.24, 2.45) is 0 Å². The smallest absolute Gasteiger partial charge is 0.333 e. The molecule has 0 N–H and O–H groups in total. The summed E-state index contributed by atoms with van der Waals surface area (Å²) < 4.78 is 13.2. The molecule has 0 saturated heterocycles. The van der Waals surface area contributed by atoms with Gasteiger partial charge in [0.1, 0.15) is 22.3 Å². The van der Waals surface area contributed by atoms with Gasteiger partial charge >= 0.3 is 6.85 Å². The van der Waals surface area contributed by atoms with Gasteiger partial charge in [-0.05, 0) is 218 Å². The molecule has 3 aliphatic heterocycles. The summed E-state index contributed by atoms with van der Waals surface area (Å²) in [5.41, 5.74) is 31.3. The zero-order valence-corrected chi connectivity index (χ0v) is 54.4. The van der Waals surface area contributed by atoms with Crippen LogP contribution in [0.2, 0.25) is 0 Å². The molecule has 3 aliphatic carbocycles. The van der Waals surface area contributed by atoms with Gasteiger partial charge in [-0.1, -0.05) is 170 Å². The molecule has 2 atom stereocenters. The van der Waals surface area contributed by atoms with Crippen molar-refractivity contribution in [1.29, 1.82) is 0 Å². The molecular weight excluding hydrogens is 1070 g/mol. The van der Waals surface area contributed by atoms with E-state index < -0.39 is 0 Å². The van der Waals surface area contributed by atoms with E-state index in [1.165, 1.54) is 126 Å². The van der Waals surface area contributed by atoms with Crippen LogP contribution < -0.4 is 25.5 Å². The summed E-state index contributed by atoms with van der Waals surface area (Å²) in [7, 11) is 0. The third-order valence-electron chi connectivity index (χ3n) is 23.4. The van der Waals surface area contributed by atoms with Crippen molar-refractivity contribution in [2.75, 3.05) is 14.6 Å². The minimum atomic E-state index is -0.255. The van der Waals surface area contributed by atoms with E-state index in [1.807, 2.05) is 0 Å². The number of anilines is 7. The lowest BCUT2D eigenvalue weighted by atomic mass is 9.43. The first-order chi connectivity index (χ1) is 41.7. The maximum absolute atomic E-state index is 6.60. The average molecular weight is 1150 g/mol. The molecule has 1 fully saturated rings. The van der Waals surface area contributed by atoms with E-state index in [4.69, 9.17) is 8.83 Å². The summed E-state index contributed by atoms with van der Waals surface area (Å²) in [5.74, 6) is 0. The van der Waals surface area contributed by atoms with Crippen molar-refractivity contribution >= 4 is 101 Å². The molecule has 0 radical (unpaired) electrons. The van der Waals surface area contributed by atoms with E-state index in [-0.39, 0.29) is 44.9 Å². The Morgan fingerprint density at radius 2 is 1.02 bits per heavy atom. The van der Waals surface area contributed by atoms with Crippen molar-refractivity contribution in [2.45, 2.75) is 180 Å². The predicted octanol–water partition coefficient (Wildman–Crippen LogP) is 21.5. The fraction of sp³-hybridized carbons (Fsp3) is 0.341. The topological polar surface area (TPSA) is 36.0 Å². The van der Waals surface area contributed by atoms with E-state index in [0.29, 0.717) is 0 Å². The van der Waals surface area contributed by atoms with Crippen molar-refractivity contribution in [3.05, 3.63) is 196 Å². The lowest BCUT2D eigenvalue weighted by Crippen LogP contribution is -2.65. The highest BCUT2D eigenvalue weighted by molar-refractivity contribution is 6.93. The summed E-state index contributed by atoms with van der Waals surface area (Å²) in [6, 6.07) is 59.3. The van der Waals surface area contributed by atoms with E-state index in [9.17, 15) is 0 Å². The van der Waals surface area contributed by atoms with Crippen LogP contribution in [0.3, 0.4) is 0 Å². The van der Waals surface area contributed by atoms with Gasteiger partial charge in [0.05, 0.1) is 5.54 Å². The van der Waals surface area contributed by atoms with Crippen LogP contribution in [-0.2, 0) is 32.5 Å². The Balaban J connectivity index is 1.02. The van der Waals surface area contributed by atoms with Gasteiger partial charge in [-0.2, -0.15) is 0 Å². The Morgan fingerprint density at radius 1 is 0.443 bits per heavy atom. The van der Waals surface area contributed by atoms with Crippen molar-refractivity contribution in [1.82, 2.24) is 0 Å². The average Bonchev–Trinajstić information content (AvgIpc) is 1.43. The first-order valence-electron chi connectivity index (χ1n) is 32.8. The highest BCUT2D eigenvalue weighted by Crippen LogP contribution is 2.65. The molecule has 0 amide bonds. The Kier molecular flexibility index (Phi) is 10.8. The van der Waals surface area contributed by atoms with Crippen LogP contribution in [-0.4, -0.2) is 12.4 Å². The second kappa shape index (κ2) is 17.5. The molecule has 5 heterocycles. The normalized spacial score (nSPS) is 20.7. The largest absolute Gasteiger partial charge is 0.456 e. The lowest BCUT2D eigenvalue weighted by molar-refractivity contribution is 0.195. The minimum absolute atomic E-state index is 0.0110. The van der Waals surface area contributed by atoms with Gasteiger partial charge in [0.15, 0.2) is 0 Å². The molecule has 6 heteroatoms. The zero-order chi connectivity index (χ0) is 60.9. The number of nitrogens with zero attached hydrogens (tertiary/aromatic N) is 3. The third-order valence-corrected chi connectivity index (χ3v) is 23.4. The van der Waals surface area contributed by atoms with Crippen molar-refractivity contribution in [3.63, 3.8) is 0 Å². The van der Waals surface area contributed by atoms with Crippen LogP contribution in [0.25, 0.3) is 66.1 Å². The molecule has 11 aromatic rings. The molecule has 2 aromatic heterocycles. The Morgan fingerprint density at radius 3 is 1.65 bits per heavy atom. The van der Waals surface area contributed by atoms with Crippen molar-refractivity contribution in [3.8, 4) is 22.3 Å². The number of hydrogen-bond donors (Lipinski definition) is 0. The number of benzene rings is 9. The maximum Gasteiger partial charge on any atom is 0.333 e. The van der Waals surface area contributed by atoms with Gasteiger partial charge in [-0.15, -0.1) is 0 Å². The first-order valence-corrected chi connectivity index (χ1v) is 32.8. The number of rotatable bonds is 4. The third kappa shape index (κ3) is 7.18. The molecule has 17 rings (SSSR count). The summed E-state index contributed by atoms with van der Waals surface area (Å²) in [4.78, 5) is 8.33. The van der Waals surface area contributed by atoms with Gasteiger partial charge in [0, 0.05) is 77.8 Å². The van der Waals surface area contributed by atoms with Gasteiger partial charge < -0.3 is 23.4 Å². The second-order valence-electron chi connectivity index (χ2n) is 32.0. The fourth-order valence-electron chi connectivity index (χ4n) is 17.9. The van der Waals surface area contributed by atoms with Crippen LogP contribution in [0.4, 0.5) is 39.8 Å². The Bertz CT molecular complexity index is 4780. The van der Waals surface area contributed by atoms with E-state index in [1.54, 1.807) is 0 Å². The Hall–Kier alpha value is -7.96. The number of hydrogen-bond acceptors (Lipinski definition) is 5. The number of aryl methyl sites for hydroxylation is 1. The monoisotopic (exact) mass is 1150 g/mol. The van der Waals surface area contributed by atoms with Gasteiger partial charge in [-0.3, -0.25) is 0 Å². The summed E-state index contributed by atoms with van der Waals surface area (Å²) in [6.07, 6.45) is 7.02. The van der Waals surface area contributed by atoms with Crippen LogP contribution >= 0.6 is 0 Å². The minimum Gasteiger partial charge on any atom is -0.456 e. The zero-order valence-electron chi connectivity index (χ0n) is 54.4. The molecular formula is C82H82BN3O2. The summed E-state index contributed by atoms with van der Waals surface area (Å²) >= 11 is 0. The van der Waals surface area contributed by atoms with Gasteiger partial charge in [0.2, 0.25) is 0 Å². The van der Waals surface area contributed by atoms with Crippen LogP contribution in [0.1, 0.15) is 180 Å². The SMILES string of the molecule is Cc1cc(C(C)(C)C)ccc1N1B2c3cc(C(C)(C)C)cc4c3N(c3cc(N(c5ccc6oc7ccccc7c6c5)c5ccc6oc7ccccc7c6c5)cc(c32)-c2cc3c(cc21)C(C)(C)c1cc2c(cc1-3)C(C)(C)CCC2(C)C)C1(C)CCCCC41C. The summed E-state index contributed by atoms with van der Waals surface area (Å²) in [5, 5.41) is 4.43. The van der Waals surface area contributed by atoms with E-state index in [2.05, 4.69) is 270 Å². The number of furan rings is 2. The molecule has 2 unspecified atom stereocenters. The van der Waals surface area contributed by atoms with Crippen LogP contribution in [0, 0.1) is 6.92 Å². The standard InChI is InChI=1S/C82H82BN3O2/c1-47-36-48(76(2,3)4)26-29-67(47)86-68-46-62-55(56-44-63-64(45-61(56)80(62,12)13)79(10,11)35-34-78(63,8)9)43-57(68)60-41-52(42-69-74(60)83(86)66-38-49(77(5,6)7)37-65-75(66)85(69)82(15)33-21-20-32-81(65,82)14)84(50-27-30-72-58(39-50)53-22-16-18-24-70(53)87-72)51-28-31-73-59(40-51)54-23-17-19-25-71(54)88-73/h16-19,22-31,36-46H,20-21,32-35H2,1-15H3. The molecule has 0 spiro atoms. The fourth-order valence-corrected chi connectivity index (χ4v) is 17.9. The first kappa shape index (κ1) is 54.2. The molecule has 9 aromatic carbocycles. The molecule has 88 heavy (non-hydrogen) atoms. The molecule has 0 bridgehead atoms. The molecule has 1 saturated carbocycles. The maximum atomic E-state index is 6.60. The van der Waals surface area contributed by atoms with Gasteiger partial charge in [-0.25, -0.2) is 0 Å².